The van der Waals surface area contributed by atoms with Gasteiger partial charge in [-0.3, -0.25) is 0 Å². The zero-order valence-corrected chi connectivity index (χ0v) is 13.1. The molecule has 0 saturated carbocycles. The lowest BCUT2D eigenvalue weighted by atomic mass is 10.0. The molecule has 0 saturated heterocycles. The maximum absolute atomic E-state index is 11.7. The number of hydrogen-bond donors (Lipinski definition) is 2. The molecule has 0 aromatic heterocycles. The van der Waals surface area contributed by atoms with Gasteiger partial charge in [0.2, 0.25) is 0 Å². The van der Waals surface area contributed by atoms with E-state index in [0.717, 1.165) is 10.1 Å². The lowest BCUT2D eigenvalue weighted by Crippen LogP contribution is -2.48. The molecular formula is C13H21BrN2O2. The van der Waals surface area contributed by atoms with Gasteiger partial charge in [0.05, 0.1) is 12.1 Å². The van der Waals surface area contributed by atoms with Gasteiger partial charge in [0.1, 0.15) is 5.60 Å². The van der Waals surface area contributed by atoms with Crippen LogP contribution in [0, 0.1) is 0 Å². The van der Waals surface area contributed by atoms with Crippen LogP contribution in [-0.2, 0) is 4.74 Å². The Morgan fingerprint density at radius 2 is 2.17 bits per heavy atom. The molecule has 0 radical (unpaired) electrons. The van der Waals surface area contributed by atoms with Crippen molar-refractivity contribution >= 4 is 22.0 Å². The molecule has 5 heteroatoms. The summed E-state index contributed by atoms with van der Waals surface area (Å²) in [5.41, 5.74) is 0.676. The minimum atomic E-state index is -0.474. The van der Waals surface area contributed by atoms with Gasteiger partial charge in [0.15, 0.2) is 0 Å². The molecule has 2 N–H and O–H groups in total. The van der Waals surface area contributed by atoms with Crippen molar-refractivity contribution in [3.8, 4) is 0 Å². The molecule has 1 aliphatic heterocycles. The second-order valence-electron chi connectivity index (χ2n) is 5.47. The molecule has 0 spiro atoms. The highest BCUT2D eigenvalue weighted by atomic mass is 79.9. The summed E-state index contributed by atoms with van der Waals surface area (Å²) in [4.78, 5) is 11.7. The zero-order chi connectivity index (χ0) is 13.9. The quantitative estimate of drug-likeness (QED) is 0.823. The number of halogens is 1. The van der Waals surface area contributed by atoms with E-state index in [9.17, 15) is 4.79 Å². The molecule has 1 heterocycles. The first-order chi connectivity index (χ1) is 8.19. The molecule has 4 nitrogen and oxygen atoms in total. The number of hydrogen-bond acceptors (Lipinski definition) is 3. The molecule has 102 valence electrons. The molecule has 0 aromatic rings. The van der Waals surface area contributed by atoms with Gasteiger partial charge in [-0.25, -0.2) is 4.79 Å². The minimum Gasteiger partial charge on any atom is -0.444 e. The number of amides is 1. The standard InChI is InChI=1S/C13H21BrN2O2/c1-8-6-11(15-7-10(8)14)9(2)16-12(17)18-13(3,4)5/h6-7,9,11,15H,1-5H3,(H,16,17)/t9-,11?/m0/s1. The Morgan fingerprint density at radius 3 is 2.67 bits per heavy atom. The number of alkyl carbamates (subject to hydrolysis) is 1. The Bertz CT molecular complexity index is 383. The van der Waals surface area contributed by atoms with Gasteiger partial charge >= 0.3 is 6.09 Å². The van der Waals surface area contributed by atoms with Crippen molar-refractivity contribution in [1.82, 2.24) is 10.6 Å². The van der Waals surface area contributed by atoms with Crippen LogP contribution in [0.15, 0.2) is 22.3 Å². The summed E-state index contributed by atoms with van der Waals surface area (Å²) in [6, 6.07) is 0.0190. The monoisotopic (exact) mass is 316 g/mol. The summed E-state index contributed by atoms with van der Waals surface area (Å²) in [7, 11) is 0. The molecule has 0 bridgehead atoms. The van der Waals surface area contributed by atoms with Crippen LogP contribution in [0.25, 0.3) is 0 Å². The smallest absolute Gasteiger partial charge is 0.407 e. The fraction of sp³-hybridized carbons (Fsp3) is 0.615. The van der Waals surface area contributed by atoms with Crippen molar-refractivity contribution in [2.24, 2.45) is 0 Å². The Hall–Kier alpha value is -0.970. The van der Waals surface area contributed by atoms with Gasteiger partial charge in [0.25, 0.3) is 0 Å². The lowest BCUT2D eigenvalue weighted by molar-refractivity contribution is 0.0503. The number of dihydropyridines is 1. The van der Waals surface area contributed by atoms with E-state index >= 15 is 0 Å². The average molecular weight is 317 g/mol. The van der Waals surface area contributed by atoms with E-state index in [1.165, 1.54) is 0 Å². The highest BCUT2D eigenvalue weighted by Crippen LogP contribution is 2.20. The predicted molar refractivity (Wildman–Crippen MR) is 76.5 cm³/mol. The van der Waals surface area contributed by atoms with Crippen molar-refractivity contribution < 1.29 is 9.53 Å². The van der Waals surface area contributed by atoms with Gasteiger partial charge in [0, 0.05) is 10.7 Å². The third kappa shape index (κ3) is 4.72. The third-order valence-electron chi connectivity index (χ3n) is 2.49. The maximum atomic E-state index is 11.7. The summed E-state index contributed by atoms with van der Waals surface area (Å²) in [5.74, 6) is 0. The number of nitrogens with one attached hydrogen (secondary N) is 2. The molecule has 0 fully saturated rings. The van der Waals surface area contributed by atoms with Crippen molar-refractivity contribution in [1.29, 1.82) is 0 Å². The largest absolute Gasteiger partial charge is 0.444 e. The topological polar surface area (TPSA) is 50.4 Å². The first-order valence-corrected chi connectivity index (χ1v) is 6.78. The molecule has 1 aliphatic rings. The molecule has 1 rings (SSSR count). The van der Waals surface area contributed by atoms with E-state index in [1.54, 1.807) is 0 Å². The summed E-state index contributed by atoms with van der Waals surface area (Å²) in [5, 5.41) is 6.04. The number of ether oxygens (including phenoxy) is 1. The van der Waals surface area contributed by atoms with E-state index in [-0.39, 0.29) is 12.1 Å². The Balaban J connectivity index is 2.52. The first-order valence-electron chi connectivity index (χ1n) is 5.99. The van der Waals surface area contributed by atoms with Crippen LogP contribution in [0.2, 0.25) is 0 Å². The first kappa shape index (κ1) is 15.1. The molecule has 18 heavy (non-hydrogen) atoms. The van der Waals surface area contributed by atoms with Gasteiger partial charge in [-0.2, -0.15) is 0 Å². The number of carbonyl (C=O) groups excluding carboxylic acids is 1. The summed E-state index contributed by atoms with van der Waals surface area (Å²) in [6.45, 7) is 9.51. The lowest BCUT2D eigenvalue weighted by Gasteiger charge is -2.28. The molecule has 1 amide bonds. The third-order valence-corrected chi connectivity index (χ3v) is 3.35. The summed E-state index contributed by atoms with van der Waals surface area (Å²) < 4.78 is 6.25. The fourth-order valence-corrected chi connectivity index (χ4v) is 1.82. The molecular weight excluding hydrogens is 296 g/mol. The van der Waals surface area contributed by atoms with Crippen molar-refractivity contribution in [3.05, 3.63) is 22.3 Å². The van der Waals surface area contributed by atoms with Crippen molar-refractivity contribution in [2.45, 2.75) is 52.3 Å². The number of allylic oxidation sites excluding steroid dienone is 2. The molecule has 0 aromatic carbocycles. The summed E-state index contributed by atoms with van der Waals surface area (Å²) in [6.07, 6.45) is 3.58. The van der Waals surface area contributed by atoms with E-state index in [2.05, 4.69) is 32.6 Å². The van der Waals surface area contributed by atoms with Crippen LogP contribution < -0.4 is 10.6 Å². The van der Waals surface area contributed by atoms with E-state index in [0.29, 0.717) is 0 Å². The van der Waals surface area contributed by atoms with Crippen LogP contribution in [0.4, 0.5) is 4.79 Å². The van der Waals surface area contributed by atoms with E-state index in [1.807, 2.05) is 40.8 Å². The highest BCUT2D eigenvalue weighted by Gasteiger charge is 2.22. The Kier molecular flexibility index (Phi) is 4.85. The van der Waals surface area contributed by atoms with Gasteiger partial charge in [-0.15, -0.1) is 0 Å². The Labute approximate surface area is 117 Å². The molecule has 1 unspecified atom stereocenters. The van der Waals surface area contributed by atoms with Crippen LogP contribution >= 0.6 is 15.9 Å². The normalized spacial score (nSPS) is 21.3. The van der Waals surface area contributed by atoms with Gasteiger partial charge < -0.3 is 15.4 Å². The maximum Gasteiger partial charge on any atom is 0.407 e. The van der Waals surface area contributed by atoms with Crippen LogP contribution in [0.3, 0.4) is 0 Å². The highest BCUT2D eigenvalue weighted by molar-refractivity contribution is 9.12. The summed E-state index contributed by atoms with van der Waals surface area (Å²) >= 11 is 3.44. The van der Waals surface area contributed by atoms with Crippen molar-refractivity contribution in [2.75, 3.05) is 0 Å². The van der Waals surface area contributed by atoms with Crippen molar-refractivity contribution in [3.63, 3.8) is 0 Å². The molecule has 0 aliphatic carbocycles. The van der Waals surface area contributed by atoms with Crippen LogP contribution in [0.5, 0.6) is 0 Å². The Morgan fingerprint density at radius 1 is 1.56 bits per heavy atom. The van der Waals surface area contributed by atoms with Gasteiger partial charge in [-0.05, 0) is 56.1 Å². The van der Waals surface area contributed by atoms with Gasteiger partial charge in [-0.1, -0.05) is 6.08 Å². The predicted octanol–water partition coefficient (Wildman–Crippen LogP) is 3.05. The number of rotatable bonds is 2. The second-order valence-corrected chi connectivity index (χ2v) is 6.32. The fourth-order valence-electron chi connectivity index (χ4n) is 1.55. The minimum absolute atomic E-state index is 0.0494. The van der Waals surface area contributed by atoms with E-state index in [4.69, 9.17) is 4.74 Å². The van der Waals surface area contributed by atoms with E-state index < -0.39 is 11.7 Å². The van der Waals surface area contributed by atoms with Crippen LogP contribution in [-0.4, -0.2) is 23.8 Å². The SMILES string of the molecule is CC1=CC([C@H](C)NC(=O)OC(C)(C)C)NC=C1Br. The molecule has 2 atom stereocenters. The van der Waals surface area contributed by atoms with Crippen LogP contribution in [0.1, 0.15) is 34.6 Å². The zero-order valence-electron chi connectivity index (χ0n) is 11.5. The second kappa shape index (κ2) is 5.78. The average Bonchev–Trinajstić information content (AvgIpc) is 2.18. The number of carbonyl (C=O) groups is 1.